The predicted octanol–water partition coefficient (Wildman–Crippen LogP) is 3.29. The normalized spacial score (nSPS) is 9.61. The van der Waals surface area contributed by atoms with Gasteiger partial charge in [-0.15, -0.1) is 0 Å². The second-order valence-electron chi connectivity index (χ2n) is 3.66. The van der Waals surface area contributed by atoms with Crippen LogP contribution in [-0.2, 0) is 4.74 Å². The average Bonchev–Trinajstić information content (AvgIpc) is 2.46. The summed E-state index contributed by atoms with van der Waals surface area (Å²) in [4.78, 5) is 15.4. The van der Waals surface area contributed by atoms with Gasteiger partial charge in [0.25, 0.3) is 0 Å². The number of ether oxygens (including phenoxy) is 1. The van der Waals surface area contributed by atoms with Gasteiger partial charge in [-0.3, -0.25) is 0 Å². The van der Waals surface area contributed by atoms with Crippen molar-refractivity contribution in [2.24, 2.45) is 4.99 Å². The summed E-state index contributed by atoms with van der Waals surface area (Å²) in [6.45, 7) is 0. The minimum atomic E-state index is -0.599. The van der Waals surface area contributed by atoms with Crippen LogP contribution in [0, 0.1) is 0 Å². The summed E-state index contributed by atoms with van der Waals surface area (Å²) in [5, 5.41) is 0. The van der Waals surface area contributed by atoms with Crippen LogP contribution in [0.4, 0.5) is 4.79 Å². The fraction of sp³-hybridized carbons (Fsp3) is 0.0667. The summed E-state index contributed by atoms with van der Waals surface area (Å²) in [7, 11) is 1.32. The molecule has 0 fully saturated rings. The van der Waals surface area contributed by atoms with E-state index in [0.717, 1.165) is 11.1 Å². The van der Waals surface area contributed by atoms with Gasteiger partial charge < -0.3 is 4.74 Å². The summed E-state index contributed by atoms with van der Waals surface area (Å²) in [5.74, 6) is 0. The molecule has 0 atom stereocenters. The van der Waals surface area contributed by atoms with Gasteiger partial charge in [-0.1, -0.05) is 60.7 Å². The molecule has 18 heavy (non-hydrogen) atoms. The number of hydrogen-bond donors (Lipinski definition) is 0. The van der Waals surface area contributed by atoms with Crippen molar-refractivity contribution in [3.63, 3.8) is 0 Å². The molecule has 0 spiro atoms. The Hall–Kier alpha value is -2.42. The third-order valence-electron chi connectivity index (χ3n) is 2.47. The fourth-order valence-corrected chi connectivity index (χ4v) is 1.62. The second-order valence-corrected chi connectivity index (χ2v) is 3.66. The first-order chi connectivity index (χ1) is 8.81. The highest BCUT2D eigenvalue weighted by Crippen LogP contribution is 2.11. The monoisotopic (exact) mass is 239 g/mol. The van der Waals surface area contributed by atoms with E-state index in [-0.39, 0.29) is 0 Å². The lowest BCUT2D eigenvalue weighted by Crippen LogP contribution is -2.07. The summed E-state index contributed by atoms with van der Waals surface area (Å²) < 4.78 is 4.60. The van der Waals surface area contributed by atoms with E-state index >= 15 is 0 Å². The van der Waals surface area contributed by atoms with Gasteiger partial charge in [-0.2, -0.15) is 4.99 Å². The number of carbonyl (C=O) groups excluding carboxylic acids is 1. The summed E-state index contributed by atoms with van der Waals surface area (Å²) in [6.07, 6.45) is -0.599. The van der Waals surface area contributed by atoms with Crippen LogP contribution in [0.15, 0.2) is 65.7 Å². The zero-order valence-electron chi connectivity index (χ0n) is 10.0. The van der Waals surface area contributed by atoms with Crippen LogP contribution < -0.4 is 0 Å². The van der Waals surface area contributed by atoms with Gasteiger partial charge >= 0.3 is 6.09 Å². The molecule has 0 saturated carbocycles. The van der Waals surface area contributed by atoms with Crippen molar-refractivity contribution in [1.82, 2.24) is 0 Å². The minimum absolute atomic E-state index is 0.599. The zero-order valence-corrected chi connectivity index (χ0v) is 10.0. The molecule has 0 unspecified atom stereocenters. The van der Waals surface area contributed by atoms with Crippen molar-refractivity contribution in [2.45, 2.75) is 0 Å². The molecular formula is C15H13NO2. The summed E-state index contributed by atoms with van der Waals surface area (Å²) in [5.41, 5.74) is 2.38. The third kappa shape index (κ3) is 2.83. The molecule has 0 N–H and O–H groups in total. The first-order valence-corrected chi connectivity index (χ1v) is 5.59. The topological polar surface area (TPSA) is 38.7 Å². The number of nitrogens with zero attached hydrogens (tertiary/aromatic N) is 1. The molecule has 0 aliphatic carbocycles. The van der Waals surface area contributed by atoms with Gasteiger partial charge in [0.05, 0.1) is 12.8 Å². The molecule has 0 aliphatic rings. The zero-order chi connectivity index (χ0) is 12.8. The summed E-state index contributed by atoms with van der Waals surface area (Å²) in [6, 6.07) is 19.1. The first kappa shape index (κ1) is 12.0. The fourth-order valence-electron chi connectivity index (χ4n) is 1.62. The van der Waals surface area contributed by atoms with E-state index in [1.165, 1.54) is 7.11 Å². The molecule has 0 aliphatic heterocycles. The Bertz CT molecular complexity index is 506. The van der Waals surface area contributed by atoms with E-state index in [1.54, 1.807) is 0 Å². The molecule has 2 aromatic carbocycles. The van der Waals surface area contributed by atoms with Gasteiger partial charge in [-0.05, 0) is 0 Å². The molecule has 2 rings (SSSR count). The molecule has 0 saturated heterocycles. The second kappa shape index (κ2) is 5.77. The van der Waals surface area contributed by atoms with Crippen molar-refractivity contribution in [3.8, 4) is 0 Å². The standard InChI is InChI=1S/C15H13NO2/c1-18-15(17)16-14(12-8-4-2-5-9-12)13-10-6-3-7-11-13/h2-11H,1H3. The van der Waals surface area contributed by atoms with Crippen LogP contribution in [0.1, 0.15) is 11.1 Å². The van der Waals surface area contributed by atoms with E-state index in [9.17, 15) is 4.79 Å². The molecule has 0 aromatic heterocycles. The Kier molecular flexibility index (Phi) is 3.86. The van der Waals surface area contributed by atoms with Gasteiger partial charge in [-0.25, -0.2) is 4.79 Å². The smallest absolute Gasteiger partial charge is 0.433 e. The van der Waals surface area contributed by atoms with Crippen LogP contribution in [0.3, 0.4) is 0 Å². The van der Waals surface area contributed by atoms with E-state index in [4.69, 9.17) is 0 Å². The Balaban J connectivity index is 2.49. The van der Waals surface area contributed by atoms with Crippen LogP contribution >= 0.6 is 0 Å². The van der Waals surface area contributed by atoms with Crippen molar-refractivity contribution >= 4 is 11.8 Å². The maximum Gasteiger partial charge on any atom is 0.433 e. The number of carbonyl (C=O) groups is 1. The van der Waals surface area contributed by atoms with E-state index < -0.39 is 6.09 Å². The maximum absolute atomic E-state index is 11.4. The van der Waals surface area contributed by atoms with E-state index in [2.05, 4.69) is 9.73 Å². The van der Waals surface area contributed by atoms with Crippen LogP contribution in [0.2, 0.25) is 0 Å². The van der Waals surface area contributed by atoms with Gasteiger partial charge in [0.15, 0.2) is 0 Å². The molecular weight excluding hydrogens is 226 g/mol. The van der Waals surface area contributed by atoms with Crippen molar-refractivity contribution in [2.75, 3.05) is 7.11 Å². The first-order valence-electron chi connectivity index (χ1n) is 5.59. The van der Waals surface area contributed by atoms with E-state index in [1.807, 2.05) is 60.7 Å². The number of hydrogen-bond acceptors (Lipinski definition) is 2. The summed E-state index contributed by atoms with van der Waals surface area (Å²) >= 11 is 0. The highest BCUT2D eigenvalue weighted by atomic mass is 16.5. The minimum Gasteiger partial charge on any atom is -0.451 e. The van der Waals surface area contributed by atoms with Crippen LogP contribution in [0.5, 0.6) is 0 Å². The van der Waals surface area contributed by atoms with E-state index in [0.29, 0.717) is 5.71 Å². The lowest BCUT2D eigenvalue weighted by atomic mass is 10.0. The maximum atomic E-state index is 11.4. The molecule has 1 amide bonds. The Morgan fingerprint density at radius 2 is 1.33 bits per heavy atom. The van der Waals surface area contributed by atoms with Crippen LogP contribution in [-0.4, -0.2) is 18.9 Å². The van der Waals surface area contributed by atoms with Crippen molar-refractivity contribution in [3.05, 3.63) is 71.8 Å². The molecule has 0 heterocycles. The Labute approximate surface area is 106 Å². The highest BCUT2D eigenvalue weighted by molar-refractivity contribution is 6.16. The lowest BCUT2D eigenvalue weighted by molar-refractivity contribution is 0.182. The molecule has 2 aromatic rings. The number of methoxy groups -OCH3 is 1. The largest absolute Gasteiger partial charge is 0.451 e. The Morgan fingerprint density at radius 3 is 1.72 bits per heavy atom. The predicted molar refractivity (Wildman–Crippen MR) is 70.9 cm³/mol. The average molecular weight is 239 g/mol. The van der Waals surface area contributed by atoms with Crippen molar-refractivity contribution < 1.29 is 9.53 Å². The van der Waals surface area contributed by atoms with Gasteiger partial charge in [0, 0.05) is 11.1 Å². The number of rotatable bonds is 2. The Morgan fingerprint density at radius 1 is 0.889 bits per heavy atom. The quantitative estimate of drug-likeness (QED) is 0.754. The number of amides is 1. The SMILES string of the molecule is COC(=O)N=C(c1ccccc1)c1ccccc1. The van der Waals surface area contributed by atoms with Gasteiger partial charge in [0.1, 0.15) is 0 Å². The van der Waals surface area contributed by atoms with Crippen LogP contribution in [0.25, 0.3) is 0 Å². The molecule has 3 nitrogen and oxygen atoms in total. The molecule has 0 bridgehead atoms. The third-order valence-corrected chi connectivity index (χ3v) is 2.47. The number of benzene rings is 2. The molecule has 90 valence electrons. The molecule has 3 heteroatoms. The van der Waals surface area contributed by atoms with Gasteiger partial charge in [0.2, 0.25) is 0 Å². The highest BCUT2D eigenvalue weighted by Gasteiger charge is 2.08. The molecule has 0 radical (unpaired) electrons. The van der Waals surface area contributed by atoms with Crippen molar-refractivity contribution in [1.29, 1.82) is 0 Å². The lowest BCUT2D eigenvalue weighted by Gasteiger charge is -2.06. The number of aliphatic imine (C=N–C) groups is 1.